The summed E-state index contributed by atoms with van der Waals surface area (Å²) in [7, 11) is 3.58. The van der Waals surface area contributed by atoms with Gasteiger partial charge in [0, 0.05) is 19.5 Å². The number of fused-ring (bicyclic) bond motifs is 1. The summed E-state index contributed by atoms with van der Waals surface area (Å²) in [6, 6.07) is 7.95. The van der Waals surface area contributed by atoms with Crippen LogP contribution in [0.1, 0.15) is 5.69 Å². The van der Waals surface area contributed by atoms with Crippen molar-refractivity contribution in [2.75, 3.05) is 0 Å². The summed E-state index contributed by atoms with van der Waals surface area (Å²) >= 11 is 0. The first kappa shape index (κ1) is 10.8. The zero-order chi connectivity index (χ0) is 12.7. The standard InChI is InChI=1S/C12H13N5O/c1-15-8-13-17(12(15)18)7-10-9-5-3-4-6-11(9)16(2)14-10/h3-6,8H,7H2,1-2H3. The molecule has 0 amide bonds. The van der Waals surface area contributed by atoms with Gasteiger partial charge in [0.15, 0.2) is 0 Å². The van der Waals surface area contributed by atoms with E-state index in [-0.39, 0.29) is 5.69 Å². The van der Waals surface area contributed by atoms with Crippen LogP contribution in [0.3, 0.4) is 0 Å². The highest BCUT2D eigenvalue weighted by Crippen LogP contribution is 2.17. The van der Waals surface area contributed by atoms with E-state index in [1.165, 1.54) is 15.6 Å². The van der Waals surface area contributed by atoms with Gasteiger partial charge in [-0.25, -0.2) is 9.48 Å². The van der Waals surface area contributed by atoms with Crippen molar-refractivity contribution in [1.29, 1.82) is 0 Å². The smallest absolute Gasteiger partial charge is 0.285 e. The minimum absolute atomic E-state index is 0.135. The maximum absolute atomic E-state index is 11.7. The molecule has 0 saturated carbocycles. The van der Waals surface area contributed by atoms with Gasteiger partial charge in [-0.3, -0.25) is 9.25 Å². The fourth-order valence-electron chi connectivity index (χ4n) is 2.08. The maximum Gasteiger partial charge on any atom is 0.345 e. The van der Waals surface area contributed by atoms with Crippen LogP contribution in [0.4, 0.5) is 0 Å². The Morgan fingerprint density at radius 1 is 1.22 bits per heavy atom. The second kappa shape index (κ2) is 3.83. The zero-order valence-electron chi connectivity index (χ0n) is 10.2. The van der Waals surface area contributed by atoms with Gasteiger partial charge in [-0.05, 0) is 6.07 Å². The molecule has 6 nitrogen and oxygen atoms in total. The van der Waals surface area contributed by atoms with E-state index in [1.807, 2.05) is 36.0 Å². The molecule has 0 aliphatic heterocycles. The third-order valence-corrected chi connectivity index (χ3v) is 3.02. The molecule has 0 aliphatic rings. The summed E-state index contributed by atoms with van der Waals surface area (Å²) < 4.78 is 4.68. The van der Waals surface area contributed by atoms with E-state index in [2.05, 4.69) is 10.2 Å². The lowest BCUT2D eigenvalue weighted by atomic mass is 10.2. The number of aromatic nitrogens is 5. The zero-order valence-corrected chi connectivity index (χ0v) is 10.2. The van der Waals surface area contributed by atoms with E-state index in [4.69, 9.17) is 0 Å². The maximum atomic E-state index is 11.7. The molecule has 2 heterocycles. The average Bonchev–Trinajstić information content (AvgIpc) is 2.86. The minimum atomic E-state index is -0.135. The van der Waals surface area contributed by atoms with Crippen molar-refractivity contribution in [3.63, 3.8) is 0 Å². The number of hydrogen-bond acceptors (Lipinski definition) is 3. The molecule has 92 valence electrons. The van der Waals surface area contributed by atoms with Crippen molar-refractivity contribution in [1.82, 2.24) is 24.1 Å². The molecule has 2 aromatic heterocycles. The van der Waals surface area contributed by atoms with Crippen LogP contribution in [-0.2, 0) is 20.6 Å². The predicted molar refractivity (Wildman–Crippen MR) is 67.3 cm³/mol. The minimum Gasteiger partial charge on any atom is -0.285 e. The largest absolute Gasteiger partial charge is 0.345 e. The number of rotatable bonds is 2. The van der Waals surface area contributed by atoms with Crippen LogP contribution in [0.25, 0.3) is 10.9 Å². The van der Waals surface area contributed by atoms with E-state index in [0.717, 1.165) is 16.6 Å². The van der Waals surface area contributed by atoms with Crippen molar-refractivity contribution in [2.45, 2.75) is 6.54 Å². The highest BCUT2D eigenvalue weighted by atomic mass is 16.2. The summed E-state index contributed by atoms with van der Waals surface area (Å²) in [5.41, 5.74) is 1.77. The van der Waals surface area contributed by atoms with Gasteiger partial charge in [-0.1, -0.05) is 18.2 Å². The summed E-state index contributed by atoms with van der Waals surface area (Å²) in [4.78, 5) is 11.7. The summed E-state index contributed by atoms with van der Waals surface area (Å²) in [6.45, 7) is 0.390. The second-order valence-corrected chi connectivity index (χ2v) is 4.27. The first-order valence-electron chi connectivity index (χ1n) is 5.66. The molecule has 0 saturated heterocycles. The molecule has 0 unspecified atom stereocenters. The van der Waals surface area contributed by atoms with Crippen molar-refractivity contribution in [2.24, 2.45) is 14.1 Å². The Labute approximate surface area is 103 Å². The van der Waals surface area contributed by atoms with Gasteiger partial charge >= 0.3 is 5.69 Å². The Morgan fingerprint density at radius 3 is 2.72 bits per heavy atom. The van der Waals surface area contributed by atoms with Gasteiger partial charge in [0.1, 0.15) is 6.33 Å². The lowest BCUT2D eigenvalue weighted by Crippen LogP contribution is -2.23. The second-order valence-electron chi connectivity index (χ2n) is 4.27. The molecular weight excluding hydrogens is 230 g/mol. The summed E-state index contributed by atoms with van der Waals surface area (Å²) in [6.07, 6.45) is 1.51. The number of para-hydroxylation sites is 1. The monoisotopic (exact) mass is 243 g/mol. The molecule has 3 rings (SSSR count). The van der Waals surface area contributed by atoms with Crippen LogP contribution in [0.2, 0.25) is 0 Å². The van der Waals surface area contributed by atoms with E-state index in [9.17, 15) is 4.79 Å². The summed E-state index contributed by atoms with van der Waals surface area (Å²) in [5, 5.41) is 9.54. The third-order valence-electron chi connectivity index (χ3n) is 3.02. The van der Waals surface area contributed by atoms with Crippen molar-refractivity contribution >= 4 is 10.9 Å². The van der Waals surface area contributed by atoms with Crippen LogP contribution < -0.4 is 5.69 Å². The van der Waals surface area contributed by atoms with E-state index >= 15 is 0 Å². The van der Waals surface area contributed by atoms with Crippen molar-refractivity contribution < 1.29 is 0 Å². The number of hydrogen-bond donors (Lipinski definition) is 0. The fraction of sp³-hybridized carbons (Fsp3) is 0.250. The molecule has 1 aromatic carbocycles. The SMILES string of the molecule is Cn1cnn(Cc2nn(C)c3ccccc23)c1=O. The number of nitrogens with zero attached hydrogens (tertiary/aromatic N) is 5. The van der Waals surface area contributed by atoms with Crippen LogP contribution >= 0.6 is 0 Å². The fourth-order valence-corrected chi connectivity index (χ4v) is 2.08. The first-order valence-corrected chi connectivity index (χ1v) is 5.66. The lowest BCUT2D eigenvalue weighted by molar-refractivity contribution is 0.625. The van der Waals surface area contributed by atoms with Crippen molar-refractivity contribution in [3.05, 3.63) is 46.8 Å². The van der Waals surface area contributed by atoms with Crippen LogP contribution in [0.5, 0.6) is 0 Å². The number of benzene rings is 1. The van der Waals surface area contributed by atoms with Gasteiger partial charge in [0.05, 0.1) is 17.8 Å². The molecule has 6 heteroatoms. The van der Waals surface area contributed by atoms with Gasteiger partial charge in [0.25, 0.3) is 0 Å². The highest BCUT2D eigenvalue weighted by molar-refractivity contribution is 5.81. The Balaban J connectivity index is 2.11. The molecule has 0 fully saturated rings. The summed E-state index contributed by atoms with van der Waals surface area (Å²) in [5.74, 6) is 0. The molecule has 0 aliphatic carbocycles. The van der Waals surface area contributed by atoms with Crippen molar-refractivity contribution in [3.8, 4) is 0 Å². The molecule has 0 bridgehead atoms. The molecule has 18 heavy (non-hydrogen) atoms. The topological polar surface area (TPSA) is 57.6 Å². The van der Waals surface area contributed by atoms with Crippen LogP contribution in [0.15, 0.2) is 35.4 Å². The molecular formula is C12H13N5O. The molecule has 0 N–H and O–H groups in total. The Hall–Kier alpha value is -2.37. The average molecular weight is 243 g/mol. The van der Waals surface area contributed by atoms with Gasteiger partial charge in [-0.15, -0.1) is 0 Å². The Morgan fingerprint density at radius 2 is 2.00 bits per heavy atom. The molecule has 0 radical (unpaired) electrons. The van der Waals surface area contributed by atoms with E-state index < -0.39 is 0 Å². The van der Waals surface area contributed by atoms with Crippen LogP contribution in [0, 0.1) is 0 Å². The number of aryl methyl sites for hydroxylation is 2. The Kier molecular flexibility index (Phi) is 2.29. The predicted octanol–water partition coefficient (Wildman–Crippen LogP) is 0.517. The van der Waals surface area contributed by atoms with Gasteiger partial charge in [-0.2, -0.15) is 10.2 Å². The molecule has 3 aromatic rings. The van der Waals surface area contributed by atoms with E-state index in [1.54, 1.807) is 7.05 Å². The quantitative estimate of drug-likeness (QED) is 0.659. The van der Waals surface area contributed by atoms with Gasteiger partial charge in [0.2, 0.25) is 0 Å². The lowest BCUT2D eigenvalue weighted by Gasteiger charge is -1.96. The third kappa shape index (κ3) is 1.54. The molecule has 0 atom stereocenters. The van der Waals surface area contributed by atoms with E-state index in [0.29, 0.717) is 6.54 Å². The normalized spacial score (nSPS) is 11.2. The first-order chi connectivity index (χ1) is 8.66. The van der Waals surface area contributed by atoms with Gasteiger partial charge < -0.3 is 0 Å². The van der Waals surface area contributed by atoms with Crippen LogP contribution in [-0.4, -0.2) is 24.1 Å². The Bertz CT molecular complexity index is 764. The highest BCUT2D eigenvalue weighted by Gasteiger charge is 2.10. The molecule has 0 spiro atoms.